The lowest BCUT2D eigenvalue weighted by molar-refractivity contribution is 0.0857. The smallest absolute Gasteiger partial charge is 0.252 e. The highest BCUT2D eigenvalue weighted by atomic mass is 35.5. The molecule has 1 amide bonds. The van der Waals surface area contributed by atoms with Crippen molar-refractivity contribution in [3.8, 4) is 0 Å². The fourth-order valence-corrected chi connectivity index (χ4v) is 4.52. The molecule has 1 aliphatic rings. The Labute approximate surface area is 167 Å². The second kappa shape index (κ2) is 8.62. The minimum absolute atomic E-state index is 0.0254. The molecule has 1 fully saturated rings. The lowest BCUT2D eigenvalue weighted by Crippen LogP contribution is -2.32. The molecule has 0 bridgehead atoms. The van der Waals surface area contributed by atoms with E-state index in [1.807, 2.05) is 0 Å². The van der Waals surface area contributed by atoms with Crippen LogP contribution in [0.1, 0.15) is 29.0 Å². The summed E-state index contributed by atoms with van der Waals surface area (Å²) in [6.45, 7) is 0.956. The third-order valence-electron chi connectivity index (χ3n) is 4.09. The van der Waals surface area contributed by atoms with E-state index in [1.165, 1.54) is 18.4 Å². The zero-order valence-electron chi connectivity index (χ0n) is 14.2. The molecule has 1 unspecified atom stereocenters. The third-order valence-corrected chi connectivity index (χ3v) is 6.27. The molecule has 0 saturated carbocycles. The van der Waals surface area contributed by atoms with E-state index in [2.05, 4.69) is 10.0 Å². The molecule has 0 aliphatic carbocycles. The van der Waals surface area contributed by atoms with Crippen LogP contribution in [0, 0.1) is 0 Å². The predicted molar refractivity (Wildman–Crippen MR) is 101 cm³/mol. The van der Waals surface area contributed by atoms with E-state index in [1.54, 1.807) is 12.1 Å². The van der Waals surface area contributed by atoms with Gasteiger partial charge in [-0.25, -0.2) is 13.1 Å². The number of halogens is 2. The first kappa shape index (κ1) is 20.2. The van der Waals surface area contributed by atoms with Gasteiger partial charge in [0.2, 0.25) is 10.0 Å². The van der Waals surface area contributed by atoms with Crippen LogP contribution in [0.2, 0.25) is 10.0 Å². The number of ether oxygens (including phenoxy) is 1. The van der Waals surface area contributed by atoms with Gasteiger partial charge in [0.1, 0.15) is 10.7 Å². The van der Waals surface area contributed by atoms with Gasteiger partial charge >= 0.3 is 0 Å². The maximum Gasteiger partial charge on any atom is 0.252 e. The van der Waals surface area contributed by atoms with E-state index in [-0.39, 0.29) is 33.2 Å². The molecule has 1 aromatic heterocycles. The Morgan fingerprint density at radius 2 is 2.07 bits per heavy atom. The molecule has 1 aliphatic heterocycles. The molecule has 2 aromatic rings. The summed E-state index contributed by atoms with van der Waals surface area (Å²) in [6.07, 6.45) is 3.21. The Bertz CT molecular complexity index is 910. The van der Waals surface area contributed by atoms with Crippen molar-refractivity contribution in [1.29, 1.82) is 0 Å². The molecule has 2 N–H and O–H groups in total. The fraction of sp³-hybridized carbons (Fsp3) is 0.353. The number of benzene rings is 1. The molecule has 1 aromatic carbocycles. The molecule has 0 radical (unpaired) electrons. The SMILES string of the molecule is O=C(NCC1CCCO1)c1cc(S(=O)(=O)NCc2ccco2)c(Cl)cc1Cl. The molecule has 2 heterocycles. The minimum Gasteiger partial charge on any atom is -0.468 e. The van der Waals surface area contributed by atoms with Crippen LogP contribution in [-0.2, 0) is 21.3 Å². The van der Waals surface area contributed by atoms with Crippen molar-refractivity contribution in [1.82, 2.24) is 10.0 Å². The fourth-order valence-electron chi connectivity index (χ4n) is 2.67. The lowest BCUT2D eigenvalue weighted by Gasteiger charge is -2.13. The number of amides is 1. The number of furan rings is 1. The van der Waals surface area contributed by atoms with Gasteiger partial charge in [-0.1, -0.05) is 23.2 Å². The van der Waals surface area contributed by atoms with Crippen molar-refractivity contribution in [2.24, 2.45) is 0 Å². The first-order valence-corrected chi connectivity index (χ1v) is 10.5. The summed E-state index contributed by atoms with van der Waals surface area (Å²) in [7, 11) is -3.98. The Kier molecular flexibility index (Phi) is 6.44. The second-order valence-corrected chi connectivity index (χ2v) is 8.56. The summed E-state index contributed by atoms with van der Waals surface area (Å²) in [5, 5.41) is 2.70. The first-order valence-electron chi connectivity index (χ1n) is 8.28. The molecule has 1 saturated heterocycles. The van der Waals surface area contributed by atoms with Crippen LogP contribution in [-0.4, -0.2) is 33.6 Å². The number of carbonyl (C=O) groups is 1. The van der Waals surface area contributed by atoms with Crippen LogP contribution in [0.25, 0.3) is 0 Å². The summed E-state index contributed by atoms with van der Waals surface area (Å²) in [4.78, 5) is 12.2. The van der Waals surface area contributed by atoms with Gasteiger partial charge in [-0.3, -0.25) is 4.79 Å². The number of carbonyl (C=O) groups excluding carboxylic acids is 1. The number of rotatable bonds is 7. The average molecular weight is 433 g/mol. The zero-order chi connectivity index (χ0) is 19.4. The standard InChI is InChI=1S/C17H18Cl2N2O5S/c18-14-8-15(19)16(27(23,24)21-10-12-4-2-6-26-12)7-13(14)17(22)20-9-11-3-1-5-25-11/h2,4,6-8,11,21H,1,3,5,9-10H2,(H,20,22). The predicted octanol–water partition coefficient (Wildman–Crippen LogP) is 2.97. The maximum atomic E-state index is 12.6. The molecule has 0 spiro atoms. The average Bonchev–Trinajstić information content (AvgIpc) is 3.31. The topological polar surface area (TPSA) is 97.6 Å². The lowest BCUT2D eigenvalue weighted by atomic mass is 10.2. The number of hydrogen-bond donors (Lipinski definition) is 2. The molecule has 1 atom stereocenters. The summed E-state index contributed by atoms with van der Waals surface area (Å²) in [5.74, 6) is -0.0483. The maximum absolute atomic E-state index is 12.6. The highest BCUT2D eigenvalue weighted by Crippen LogP contribution is 2.29. The molecule has 27 heavy (non-hydrogen) atoms. The van der Waals surface area contributed by atoms with E-state index in [0.717, 1.165) is 12.8 Å². The zero-order valence-corrected chi connectivity index (χ0v) is 16.5. The van der Waals surface area contributed by atoms with Crippen LogP contribution in [0.15, 0.2) is 39.8 Å². The van der Waals surface area contributed by atoms with E-state index in [0.29, 0.717) is 18.9 Å². The third kappa shape index (κ3) is 5.03. The summed E-state index contributed by atoms with van der Waals surface area (Å²) >= 11 is 12.1. The van der Waals surface area contributed by atoms with Gasteiger partial charge < -0.3 is 14.5 Å². The first-order chi connectivity index (χ1) is 12.9. The quantitative estimate of drug-likeness (QED) is 0.700. The second-order valence-electron chi connectivity index (χ2n) is 6.01. The van der Waals surface area contributed by atoms with Gasteiger partial charge in [-0.15, -0.1) is 0 Å². The van der Waals surface area contributed by atoms with E-state index in [4.69, 9.17) is 32.4 Å². The van der Waals surface area contributed by atoms with Gasteiger partial charge in [0.25, 0.3) is 5.91 Å². The number of nitrogens with one attached hydrogen (secondary N) is 2. The largest absolute Gasteiger partial charge is 0.468 e. The van der Waals surface area contributed by atoms with Crippen molar-refractivity contribution in [2.45, 2.75) is 30.4 Å². The van der Waals surface area contributed by atoms with Crippen LogP contribution in [0.4, 0.5) is 0 Å². The summed E-state index contributed by atoms with van der Waals surface area (Å²) in [5.41, 5.74) is 0.0254. The highest BCUT2D eigenvalue weighted by Gasteiger charge is 2.24. The van der Waals surface area contributed by atoms with Crippen molar-refractivity contribution >= 4 is 39.1 Å². The highest BCUT2D eigenvalue weighted by molar-refractivity contribution is 7.89. The number of hydrogen-bond acceptors (Lipinski definition) is 5. The van der Waals surface area contributed by atoms with E-state index >= 15 is 0 Å². The minimum atomic E-state index is -3.98. The van der Waals surface area contributed by atoms with Gasteiger partial charge in [0.05, 0.1) is 34.5 Å². The van der Waals surface area contributed by atoms with Gasteiger partial charge in [-0.05, 0) is 37.1 Å². The van der Waals surface area contributed by atoms with Crippen molar-refractivity contribution < 1.29 is 22.4 Å². The molecular weight excluding hydrogens is 415 g/mol. The van der Waals surface area contributed by atoms with Crippen LogP contribution < -0.4 is 10.0 Å². The molecule has 3 rings (SSSR count). The van der Waals surface area contributed by atoms with Crippen molar-refractivity contribution in [2.75, 3.05) is 13.2 Å². The summed E-state index contributed by atoms with van der Waals surface area (Å²) < 4.78 is 38.1. The van der Waals surface area contributed by atoms with Crippen molar-refractivity contribution in [3.05, 3.63) is 51.9 Å². The van der Waals surface area contributed by atoms with E-state index < -0.39 is 15.9 Å². The van der Waals surface area contributed by atoms with E-state index in [9.17, 15) is 13.2 Å². The normalized spacial score (nSPS) is 17.2. The summed E-state index contributed by atoms with van der Waals surface area (Å²) in [6, 6.07) is 5.69. The Morgan fingerprint density at radius 1 is 1.26 bits per heavy atom. The van der Waals surface area contributed by atoms with Gasteiger partial charge in [-0.2, -0.15) is 0 Å². The van der Waals surface area contributed by atoms with Crippen LogP contribution >= 0.6 is 23.2 Å². The number of sulfonamides is 1. The monoisotopic (exact) mass is 432 g/mol. The Hall–Kier alpha value is -1.58. The van der Waals surface area contributed by atoms with Crippen molar-refractivity contribution in [3.63, 3.8) is 0 Å². The molecule has 10 heteroatoms. The Balaban J connectivity index is 1.76. The van der Waals surface area contributed by atoms with Crippen LogP contribution in [0.3, 0.4) is 0 Å². The molecular formula is C17H18Cl2N2O5S. The Morgan fingerprint density at radius 3 is 2.74 bits per heavy atom. The molecule has 7 nitrogen and oxygen atoms in total. The molecule has 146 valence electrons. The van der Waals surface area contributed by atoms with Gasteiger partial charge in [0, 0.05) is 13.2 Å². The van der Waals surface area contributed by atoms with Crippen LogP contribution in [0.5, 0.6) is 0 Å². The van der Waals surface area contributed by atoms with Gasteiger partial charge in [0.15, 0.2) is 0 Å².